The van der Waals surface area contributed by atoms with Crippen molar-refractivity contribution in [1.82, 2.24) is 15.0 Å². The van der Waals surface area contributed by atoms with Crippen LogP contribution in [0.25, 0.3) is 0 Å². The maximum atomic E-state index is 12.3. The molecule has 0 bridgehead atoms. The lowest BCUT2D eigenvalue weighted by atomic mass is 10.1. The standard InChI is InChI=1S/C18H19N5O3/c1-10-11(2)26-12(3)15(10)16(24)25-9-14-21-17(19)23-18(22-14)20-13-7-5-4-6-8-13/h4-8H,9H2,1-3H3,(H3,19,20,21,22,23). The molecule has 0 saturated heterocycles. The number of benzene rings is 1. The first kappa shape index (κ1) is 17.4. The third kappa shape index (κ3) is 3.80. The van der Waals surface area contributed by atoms with Crippen molar-refractivity contribution in [2.24, 2.45) is 0 Å². The molecule has 0 unspecified atom stereocenters. The van der Waals surface area contributed by atoms with E-state index in [9.17, 15) is 4.79 Å². The van der Waals surface area contributed by atoms with Crippen LogP contribution in [0.2, 0.25) is 0 Å². The number of nitrogens with one attached hydrogen (secondary N) is 1. The molecule has 0 atom stereocenters. The SMILES string of the molecule is Cc1oc(C)c(C(=O)OCc2nc(N)nc(Nc3ccccc3)n2)c1C. The molecule has 1 aromatic carbocycles. The number of hydrogen-bond acceptors (Lipinski definition) is 8. The van der Waals surface area contributed by atoms with Crippen molar-refractivity contribution < 1.29 is 13.9 Å². The molecule has 3 aromatic rings. The van der Waals surface area contributed by atoms with Crippen LogP contribution in [-0.4, -0.2) is 20.9 Å². The summed E-state index contributed by atoms with van der Waals surface area (Å²) in [5.74, 6) is 1.28. The molecule has 0 radical (unpaired) electrons. The summed E-state index contributed by atoms with van der Waals surface area (Å²) in [6.07, 6.45) is 0. The lowest BCUT2D eigenvalue weighted by molar-refractivity contribution is 0.0459. The highest BCUT2D eigenvalue weighted by Gasteiger charge is 2.20. The molecule has 8 heteroatoms. The zero-order valence-corrected chi connectivity index (χ0v) is 14.7. The molecule has 3 N–H and O–H groups in total. The molecule has 0 aliphatic rings. The number of nitrogen functional groups attached to an aromatic ring is 1. The summed E-state index contributed by atoms with van der Waals surface area (Å²) in [5.41, 5.74) is 7.71. The summed E-state index contributed by atoms with van der Waals surface area (Å²) in [7, 11) is 0. The monoisotopic (exact) mass is 353 g/mol. The molecule has 0 fully saturated rings. The molecule has 2 heterocycles. The van der Waals surface area contributed by atoms with E-state index in [1.807, 2.05) is 37.3 Å². The Morgan fingerprint density at radius 1 is 1.12 bits per heavy atom. The fraction of sp³-hybridized carbons (Fsp3) is 0.222. The summed E-state index contributed by atoms with van der Waals surface area (Å²) in [6, 6.07) is 9.40. The molecule has 0 saturated carbocycles. The van der Waals surface area contributed by atoms with Gasteiger partial charge in [0.1, 0.15) is 17.1 Å². The molecule has 0 aliphatic heterocycles. The third-order valence-electron chi connectivity index (χ3n) is 3.83. The normalized spacial score (nSPS) is 10.6. The number of hydrogen-bond donors (Lipinski definition) is 2. The van der Waals surface area contributed by atoms with Crippen LogP contribution < -0.4 is 11.1 Å². The summed E-state index contributed by atoms with van der Waals surface area (Å²) in [5, 5.41) is 3.03. The van der Waals surface area contributed by atoms with E-state index in [1.165, 1.54) is 0 Å². The van der Waals surface area contributed by atoms with Gasteiger partial charge in [0.25, 0.3) is 0 Å². The van der Waals surface area contributed by atoms with Crippen molar-refractivity contribution >= 4 is 23.6 Å². The molecule has 2 aromatic heterocycles. The van der Waals surface area contributed by atoms with E-state index in [4.69, 9.17) is 14.9 Å². The average Bonchev–Trinajstić information content (AvgIpc) is 2.85. The summed E-state index contributed by atoms with van der Waals surface area (Å²) in [4.78, 5) is 24.6. The van der Waals surface area contributed by atoms with Crippen LogP contribution in [-0.2, 0) is 11.3 Å². The Labute approximate surface area is 150 Å². The van der Waals surface area contributed by atoms with E-state index in [-0.39, 0.29) is 24.3 Å². The minimum absolute atomic E-state index is 0.0380. The van der Waals surface area contributed by atoms with Crippen molar-refractivity contribution in [3.05, 3.63) is 58.8 Å². The number of nitrogens with two attached hydrogens (primary N) is 1. The number of carbonyl (C=O) groups excluding carboxylic acids is 1. The molecule has 0 aliphatic carbocycles. The summed E-state index contributed by atoms with van der Waals surface area (Å²) in [6.45, 7) is 5.20. The van der Waals surface area contributed by atoms with Gasteiger partial charge in [-0.25, -0.2) is 4.79 Å². The highest BCUT2D eigenvalue weighted by Crippen LogP contribution is 2.22. The van der Waals surface area contributed by atoms with Crippen LogP contribution in [0.3, 0.4) is 0 Å². The molecule has 3 rings (SSSR count). The van der Waals surface area contributed by atoms with Crippen LogP contribution in [0, 0.1) is 20.8 Å². The molecule has 26 heavy (non-hydrogen) atoms. The number of aromatic nitrogens is 3. The largest absolute Gasteiger partial charge is 0.465 e. The average molecular weight is 353 g/mol. The Bertz CT molecular complexity index is 937. The zero-order chi connectivity index (χ0) is 18.7. The topological polar surface area (TPSA) is 116 Å². The van der Waals surface area contributed by atoms with E-state index in [0.29, 0.717) is 17.1 Å². The van der Waals surface area contributed by atoms with Crippen LogP contribution >= 0.6 is 0 Å². The minimum atomic E-state index is -0.492. The Hall–Kier alpha value is -3.42. The first-order valence-corrected chi connectivity index (χ1v) is 8.00. The van der Waals surface area contributed by atoms with Gasteiger partial charge in [-0.05, 0) is 32.9 Å². The number of ether oxygens (including phenoxy) is 1. The summed E-state index contributed by atoms with van der Waals surface area (Å²) < 4.78 is 10.8. The van der Waals surface area contributed by atoms with Gasteiger partial charge in [-0.2, -0.15) is 15.0 Å². The van der Waals surface area contributed by atoms with E-state index < -0.39 is 5.97 Å². The highest BCUT2D eigenvalue weighted by atomic mass is 16.5. The smallest absolute Gasteiger partial charge is 0.342 e. The molecule has 8 nitrogen and oxygen atoms in total. The lowest BCUT2D eigenvalue weighted by Crippen LogP contribution is -2.12. The van der Waals surface area contributed by atoms with Crippen molar-refractivity contribution in [2.45, 2.75) is 27.4 Å². The van der Waals surface area contributed by atoms with Gasteiger partial charge in [0.05, 0.1) is 0 Å². The van der Waals surface area contributed by atoms with Crippen molar-refractivity contribution in [1.29, 1.82) is 0 Å². The van der Waals surface area contributed by atoms with Crippen LogP contribution in [0.15, 0.2) is 34.7 Å². The summed E-state index contributed by atoms with van der Waals surface area (Å²) >= 11 is 0. The molecule has 0 amide bonds. The Kier molecular flexibility index (Phi) is 4.83. The second-order valence-electron chi connectivity index (χ2n) is 5.72. The Morgan fingerprint density at radius 2 is 1.85 bits per heavy atom. The predicted molar refractivity (Wildman–Crippen MR) is 96.0 cm³/mol. The van der Waals surface area contributed by atoms with Crippen molar-refractivity contribution in [3.8, 4) is 0 Å². The Balaban J connectivity index is 1.73. The van der Waals surface area contributed by atoms with Gasteiger partial charge in [0.2, 0.25) is 11.9 Å². The van der Waals surface area contributed by atoms with Gasteiger partial charge in [-0.1, -0.05) is 18.2 Å². The Morgan fingerprint density at radius 3 is 2.50 bits per heavy atom. The molecule has 0 spiro atoms. The van der Waals surface area contributed by atoms with E-state index >= 15 is 0 Å². The van der Waals surface area contributed by atoms with Gasteiger partial charge in [-0.3, -0.25) is 0 Å². The predicted octanol–water partition coefficient (Wildman–Crippen LogP) is 3.07. The maximum absolute atomic E-state index is 12.3. The number of carbonyl (C=O) groups is 1. The van der Waals surface area contributed by atoms with Gasteiger partial charge >= 0.3 is 5.97 Å². The quantitative estimate of drug-likeness (QED) is 0.672. The number of esters is 1. The lowest BCUT2D eigenvalue weighted by Gasteiger charge is -2.08. The van der Waals surface area contributed by atoms with Crippen molar-refractivity contribution in [3.63, 3.8) is 0 Å². The number of rotatable bonds is 5. The number of para-hydroxylation sites is 1. The number of aryl methyl sites for hydroxylation is 2. The number of anilines is 3. The number of nitrogens with zero attached hydrogens (tertiary/aromatic N) is 3. The van der Waals surface area contributed by atoms with Gasteiger partial charge < -0.3 is 20.2 Å². The van der Waals surface area contributed by atoms with E-state index in [2.05, 4.69) is 20.3 Å². The van der Waals surface area contributed by atoms with Crippen LogP contribution in [0.1, 0.15) is 33.3 Å². The fourth-order valence-electron chi connectivity index (χ4n) is 2.51. The first-order valence-electron chi connectivity index (χ1n) is 8.00. The van der Waals surface area contributed by atoms with Crippen LogP contribution in [0.4, 0.5) is 17.6 Å². The second kappa shape index (κ2) is 7.22. The van der Waals surface area contributed by atoms with Gasteiger partial charge in [0, 0.05) is 11.3 Å². The first-order chi connectivity index (χ1) is 12.4. The molecular weight excluding hydrogens is 334 g/mol. The van der Waals surface area contributed by atoms with E-state index in [0.717, 1.165) is 11.3 Å². The zero-order valence-electron chi connectivity index (χ0n) is 14.7. The molecule has 134 valence electrons. The van der Waals surface area contributed by atoms with E-state index in [1.54, 1.807) is 13.8 Å². The minimum Gasteiger partial charge on any atom is -0.465 e. The highest BCUT2D eigenvalue weighted by molar-refractivity contribution is 5.92. The van der Waals surface area contributed by atoms with Gasteiger partial charge in [-0.15, -0.1) is 0 Å². The maximum Gasteiger partial charge on any atom is 0.342 e. The number of furan rings is 1. The van der Waals surface area contributed by atoms with Crippen molar-refractivity contribution in [2.75, 3.05) is 11.1 Å². The fourth-order valence-corrected chi connectivity index (χ4v) is 2.51. The third-order valence-corrected chi connectivity index (χ3v) is 3.83. The molecular formula is C18H19N5O3. The van der Waals surface area contributed by atoms with Crippen LogP contribution in [0.5, 0.6) is 0 Å². The van der Waals surface area contributed by atoms with Gasteiger partial charge in [0.15, 0.2) is 12.4 Å². The second-order valence-corrected chi connectivity index (χ2v) is 5.72.